The van der Waals surface area contributed by atoms with Crippen molar-refractivity contribution in [3.8, 4) is 11.5 Å². The lowest BCUT2D eigenvalue weighted by Gasteiger charge is -2.12. The highest BCUT2D eigenvalue weighted by molar-refractivity contribution is 5.52. The van der Waals surface area contributed by atoms with E-state index >= 15 is 0 Å². The van der Waals surface area contributed by atoms with Crippen LogP contribution in [0.15, 0.2) is 22.6 Å². The molecular weight excluding hydrogens is 226 g/mol. The molecular formula is C14H21N3O. The lowest BCUT2D eigenvalue weighted by atomic mass is 10.2. The Balaban J connectivity index is 2.24. The molecule has 2 aromatic heterocycles. The topological polar surface area (TPSA) is 43.0 Å². The van der Waals surface area contributed by atoms with Crippen molar-refractivity contribution < 1.29 is 4.42 Å². The third-order valence-corrected chi connectivity index (χ3v) is 3.20. The summed E-state index contributed by atoms with van der Waals surface area (Å²) < 4.78 is 7.77. The number of furan rings is 1. The van der Waals surface area contributed by atoms with E-state index in [0.717, 1.165) is 35.9 Å². The standard InChI is InChI=1S/C14H21N3O/c1-5-11(15-6-2)13-7-8-14(18-13)12-9-10(3)17(4)16-12/h7-9,11,15H,5-6H2,1-4H3. The Labute approximate surface area is 108 Å². The van der Waals surface area contributed by atoms with Gasteiger partial charge in [0, 0.05) is 12.7 Å². The first-order valence-electron chi connectivity index (χ1n) is 6.49. The molecule has 4 nitrogen and oxygen atoms in total. The Morgan fingerprint density at radius 1 is 1.39 bits per heavy atom. The fourth-order valence-electron chi connectivity index (χ4n) is 2.05. The molecule has 18 heavy (non-hydrogen) atoms. The van der Waals surface area contributed by atoms with E-state index in [1.807, 2.05) is 36.9 Å². The second-order valence-corrected chi connectivity index (χ2v) is 4.52. The summed E-state index contributed by atoms with van der Waals surface area (Å²) in [6.45, 7) is 7.24. The minimum atomic E-state index is 0.286. The lowest BCUT2D eigenvalue weighted by molar-refractivity contribution is 0.416. The van der Waals surface area contributed by atoms with Gasteiger partial charge in [0.15, 0.2) is 5.76 Å². The van der Waals surface area contributed by atoms with Crippen LogP contribution in [0.3, 0.4) is 0 Å². The van der Waals surface area contributed by atoms with Gasteiger partial charge in [0.25, 0.3) is 0 Å². The van der Waals surface area contributed by atoms with Crippen LogP contribution in [0.1, 0.15) is 37.8 Å². The molecule has 0 radical (unpaired) electrons. The van der Waals surface area contributed by atoms with Gasteiger partial charge in [-0.2, -0.15) is 5.10 Å². The zero-order valence-corrected chi connectivity index (χ0v) is 11.5. The van der Waals surface area contributed by atoms with Crippen molar-refractivity contribution in [3.05, 3.63) is 29.7 Å². The summed E-state index contributed by atoms with van der Waals surface area (Å²) in [7, 11) is 1.94. The normalized spacial score (nSPS) is 12.9. The van der Waals surface area contributed by atoms with Gasteiger partial charge in [-0.25, -0.2) is 0 Å². The number of nitrogens with one attached hydrogen (secondary N) is 1. The number of hydrogen-bond donors (Lipinski definition) is 1. The van der Waals surface area contributed by atoms with E-state index in [-0.39, 0.29) is 6.04 Å². The average molecular weight is 247 g/mol. The van der Waals surface area contributed by atoms with Gasteiger partial charge in [-0.3, -0.25) is 4.68 Å². The predicted octanol–water partition coefficient (Wildman–Crippen LogP) is 3.05. The van der Waals surface area contributed by atoms with Gasteiger partial charge in [-0.15, -0.1) is 0 Å². The Morgan fingerprint density at radius 3 is 2.72 bits per heavy atom. The zero-order chi connectivity index (χ0) is 13.1. The van der Waals surface area contributed by atoms with Crippen LogP contribution in [0.5, 0.6) is 0 Å². The summed E-state index contributed by atoms with van der Waals surface area (Å²) in [5.41, 5.74) is 2.02. The van der Waals surface area contributed by atoms with Crippen LogP contribution in [0, 0.1) is 6.92 Å². The quantitative estimate of drug-likeness (QED) is 0.883. The molecule has 0 saturated heterocycles. The van der Waals surface area contributed by atoms with Crippen LogP contribution in [-0.4, -0.2) is 16.3 Å². The van der Waals surface area contributed by atoms with E-state index in [4.69, 9.17) is 4.42 Å². The van der Waals surface area contributed by atoms with Gasteiger partial charge in [-0.05, 0) is 38.1 Å². The number of hydrogen-bond acceptors (Lipinski definition) is 3. The highest BCUT2D eigenvalue weighted by Gasteiger charge is 2.14. The van der Waals surface area contributed by atoms with Crippen LogP contribution in [0.4, 0.5) is 0 Å². The second-order valence-electron chi connectivity index (χ2n) is 4.52. The van der Waals surface area contributed by atoms with Gasteiger partial charge in [0.05, 0.1) is 6.04 Å². The van der Waals surface area contributed by atoms with Crippen molar-refractivity contribution in [1.29, 1.82) is 0 Å². The molecule has 2 rings (SSSR count). The van der Waals surface area contributed by atoms with Crippen molar-refractivity contribution in [2.24, 2.45) is 7.05 Å². The largest absolute Gasteiger partial charge is 0.458 e. The molecule has 0 saturated carbocycles. The van der Waals surface area contributed by atoms with Gasteiger partial charge in [0.1, 0.15) is 11.5 Å². The van der Waals surface area contributed by atoms with Crippen LogP contribution >= 0.6 is 0 Å². The zero-order valence-electron chi connectivity index (χ0n) is 11.5. The molecule has 98 valence electrons. The third-order valence-electron chi connectivity index (χ3n) is 3.20. The third kappa shape index (κ3) is 2.48. The van der Waals surface area contributed by atoms with Crippen molar-refractivity contribution >= 4 is 0 Å². The molecule has 1 unspecified atom stereocenters. The van der Waals surface area contributed by atoms with Crippen molar-refractivity contribution in [3.63, 3.8) is 0 Å². The molecule has 4 heteroatoms. The van der Waals surface area contributed by atoms with Crippen LogP contribution in [0.25, 0.3) is 11.5 Å². The number of nitrogens with zero attached hydrogens (tertiary/aromatic N) is 2. The molecule has 2 aromatic rings. The molecule has 0 fully saturated rings. The minimum absolute atomic E-state index is 0.286. The Hall–Kier alpha value is -1.55. The highest BCUT2D eigenvalue weighted by Crippen LogP contribution is 2.26. The summed E-state index contributed by atoms with van der Waals surface area (Å²) in [6.07, 6.45) is 1.02. The summed E-state index contributed by atoms with van der Waals surface area (Å²) in [5.74, 6) is 1.82. The van der Waals surface area contributed by atoms with Crippen molar-refractivity contribution in [2.75, 3.05) is 6.54 Å². The number of aryl methyl sites for hydroxylation is 2. The van der Waals surface area contributed by atoms with E-state index in [9.17, 15) is 0 Å². The van der Waals surface area contributed by atoms with E-state index < -0.39 is 0 Å². The maximum Gasteiger partial charge on any atom is 0.154 e. The monoisotopic (exact) mass is 247 g/mol. The maximum absolute atomic E-state index is 5.91. The van der Waals surface area contributed by atoms with Gasteiger partial charge >= 0.3 is 0 Å². The fourth-order valence-corrected chi connectivity index (χ4v) is 2.05. The minimum Gasteiger partial charge on any atom is -0.458 e. The fraction of sp³-hybridized carbons (Fsp3) is 0.500. The first-order chi connectivity index (χ1) is 8.65. The molecule has 0 aliphatic rings. The summed E-state index contributed by atoms with van der Waals surface area (Å²) in [6, 6.07) is 6.36. The molecule has 0 aliphatic heterocycles. The van der Waals surface area contributed by atoms with Crippen LogP contribution < -0.4 is 5.32 Å². The maximum atomic E-state index is 5.91. The average Bonchev–Trinajstić information content (AvgIpc) is 2.94. The smallest absolute Gasteiger partial charge is 0.154 e. The first-order valence-corrected chi connectivity index (χ1v) is 6.49. The summed E-state index contributed by atoms with van der Waals surface area (Å²) in [5, 5.41) is 7.84. The lowest BCUT2D eigenvalue weighted by Crippen LogP contribution is -2.19. The molecule has 1 atom stereocenters. The van der Waals surface area contributed by atoms with E-state index in [1.165, 1.54) is 0 Å². The van der Waals surface area contributed by atoms with Crippen LogP contribution in [0.2, 0.25) is 0 Å². The molecule has 0 amide bonds. The second kappa shape index (κ2) is 5.40. The number of rotatable bonds is 5. The van der Waals surface area contributed by atoms with Crippen molar-refractivity contribution in [2.45, 2.75) is 33.2 Å². The SMILES string of the molecule is CCNC(CC)c1ccc(-c2cc(C)n(C)n2)o1. The van der Waals surface area contributed by atoms with E-state index in [0.29, 0.717) is 0 Å². The Kier molecular flexibility index (Phi) is 3.87. The Bertz CT molecular complexity index is 493. The molecule has 1 N–H and O–H groups in total. The van der Waals surface area contributed by atoms with Gasteiger partial charge in [-0.1, -0.05) is 13.8 Å². The molecule has 0 bridgehead atoms. The van der Waals surface area contributed by atoms with E-state index in [2.05, 4.69) is 24.3 Å². The van der Waals surface area contributed by atoms with E-state index in [1.54, 1.807) is 0 Å². The van der Waals surface area contributed by atoms with Gasteiger partial charge in [0.2, 0.25) is 0 Å². The predicted molar refractivity (Wildman–Crippen MR) is 72.4 cm³/mol. The van der Waals surface area contributed by atoms with Crippen molar-refractivity contribution in [1.82, 2.24) is 15.1 Å². The van der Waals surface area contributed by atoms with Crippen LogP contribution in [-0.2, 0) is 7.05 Å². The molecule has 2 heterocycles. The molecule has 0 aliphatic carbocycles. The summed E-state index contributed by atoms with van der Waals surface area (Å²) in [4.78, 5) is 0. The Morgan fingerprint density at radius 2 is 2.17 bits per heavy atom. The first kappa shape index (κ1) is 12.9. The highest BCUT2D eigenvalue weighted by atomic mass is 16.3. The number of aromatic nitrogens is 2. The van der Waals surface area contributed by atoms with Gasteiger partial charge < -0.3 is 9.73 Å². The molecule has 0 aromatic carbocycles. The summed E-state index contributed by atoms with van der Waals surface area (Å²) >= 11 is 0. The molecule has 0 spiro atoms.